The van der Waals surface area contributed by atoms with Crippen molar-refractivity contribution in [2.24, 2.45) is 71.0 Å². The molecule has 0 aromatic rings. The molecule has 6 rings (SSSR count). The molecule has 0 aliphatic heterocycles. The Labute approximate surface area is 124 Å². The summed E-state index contributed by atoms with van der Waals surface area (Å²) in [6, 6.07) is 0. The average Bonchev–Trinajstić information content (AvgIpc) is 2.39. The van der Waals surface area contributed by atoms with Gasteiger partial charge in [0, 0.05) is 0 Å². The first kappa shape index (κ1) is 11.6. The Bertz CT molecular complexity index is 411. The summed E-state index contributed by atoms with van der Waals surface area (Å²) in [6.45, 7) is 4.79. The van der Waals surface area contributed by atoms with E-state index in [4.69, 9.17) is 0 Å². The van der Waals surface area contributed by atoms with Gasteiger partial charge in [0.2, 0.25) is 0 Å². The van der Waals surface area contributed by atoms with Crippen LogP contribution in [0.15, 0.2) is 0 Å². The number of hydrogen-bond acceptors (Lipinski definition) is 0. The van der Waals surface area contributed by atoms with Crippen molar-refractivity contribution in [1.29, 1.82) is 0 Å². The van der Waals surface area contributed by atoms with Crippen molar-refractivity contribution in [3.8, 4) is 0 Å². The van der Waals surface area contributed by atoms with Crippen LogP contribution in [0.5, 0.6) is 0 Å². The minimum absolute atomic E-state index is 1.18. The van der Waals surface area contributed by atoms with Gasteiger partial charge in [0.15, 0.2) is 0 Å². The summed E-state index contributed by atoms with van der Waals surface area (Å²) >= 11 is 0. The summed E-state index contributed by atoms with van der Waals surface area (Å²) in [5.74, 6) is 14.9. The second kappa shape index (κ2) is 3.49. The predicted octanol–water partition coefficient (Wildman–Crippen LogP) is 4.84. The van der Waals surface area contributed by atoms with Gasteiger partial charge in [0.1, 0.15) is 0 Å². The maximum absolute atomic E-state index is 2.39. The van der Waals surface area contributed by atoms with Gasteiger partial charge in [-0.3, -0.25) is 0 Å². The highest BCUT2D eigenvalue weighted by Crippen LogP contribution is 2.88. The van der Waals surface area contributed by atoms with Gasteiger partial charge in [0.05, 0.1) is 0 Å². The van der Waals surface area contributed by atoms with E-state index in [1.165, 1.54) is 83.9 Å². The maximum atomic E-state index is 2.39. The Hall–Kier alpha value is 0. The molecule has 0 heteroatoms. The van der Waals surface area contributed by atoms with Gasteiger partial charge in [-0.25, -0.2) is 0 Å². The molecule has 0 radical (unpaired) electrons. The van der Waals surface area contributed by atoms with Crippen molar-refractivity contribution >= 4 is 0 Å². The van der Waals surface area contributed by atoms with Crippen molar-refractivity contribution in [3.63, 3.8) is 0 Å². The van der Waals surface area contributed by atoms with Crippen LogP contribution in [0.3, 0.4) is 0 Å². The first-order valence-electron chi connectivity index (χ1n) is 9.86. The van der Waals surface area contributed by atoms with Gasteiger partial charge in [0.25, 0.3) is 0 Å². The minimum atomic E-state index is 1.18. The van der Waals surface area contributed by atoms with Gasteiger partial charge in [-0.15, -0.1) is 0 Å². The molecule has 0 amide bonds. The molecule has 0 spiro atoms. The predicted molar refractivity (Wildman–Crippen MR) is 80.9 cm³/mol. The molecule has 6 saturated carbocycles. The van der Waals surface area contributed by atoms with E-state index in [0.29, 0.717) is 0 Å². The van der Waals surface area contributed by atoms with Gasteiger partial charge in [-0.1, -0.05) is 39.5 Å². The fourth-order valence-electron chi connectivity index (χ4n) is 9.18. The summed E-state index contributed by atoms with van der Waals surface area (Å²) in [5, 5.41) is 0. The lowest BCUT2D eigenvalue weighted by Crippen LogP contribution is -2.86. The molecule has 0 aromatic carbocycles. The highest BCUT2D eigenvalue weighted by atomic mass is 14.9. The molecule has 6 fully saturated rings. The van der Waals surface area contributed by atoms with E-state index in [1.807, 2.05) is 0 Å². The molecule has 0 N–H and O–H groups in total. The molecular formula is C20H30. The summed E-state index contributed by atoms with van der Waals surface area (Å²) in [5.41, 5.74) is 0. The van der Waals surface area contributed by atoms with Crippen molar-refractivity contribution in [2.45, 2.75) is 52.4 Å². The quantitative estimate of drug-likeness (QED) is 0.641. The van der Waals surface area contributed by atoms with E-state index in [-0.39, 0.29) is 0 Å². The number of hydrogen-bond donors (Lipinski definition) is 0. The van der Waals surface area contributed by atoms with Crippen LogP contribution in [-0.2, 0) is 0 Å². The average molecular weight is 270 g/mol. The summed E-state index contributed by atoms with van der Waals surface area (Å²) in [7, 11) is 0. The smallest absolute Gasteiger partial charge is 0.0312 e. The molecule has 6 aliphatic carbocycles. The summed E-state index contributed by atoms with van der Waals surface area (Å²) in [4.78, 5) is 0. The Morgan fingerprint density at radius 3 is 1.35 bits per heavy atom. The largest absolute Gasteiger partial charge is 0.0654 e. The lowest BCUT2D eigenvalue weighted by molar-refractivity contribution is -0.427. The van der Waals surface area contributed by atoms with Gasteiger partial charge < -0.3 is 0 Å². The van der Waals surface area contributed by atoms with Crippen LogP contribution >= 0.6 is 0 Å². The van der Waals surface area contributed by atoms with Gasteiger partial charge in [-0.05, 0) is 83.9 Å². The van der Waals surface area contributed by atoms with Crippen LogP contribution in [0.1, 0.15) is 52.4 Å². The second-order valence-corrected chi connectivity index (χ2v) is 9.52. The molecule has 0 nitrogen and oxygen atoms in total. The van der Waals surface area contributed by atoms with Gasteiger partial charge >= 0.3 is 0 Å². The van der Waals surface area contributed by atoms with Crippen molar-refractivity contribution in [1.82, 2.24) is 0 Å². The highest BCUT2D eigenvalue weighted by molar-refractivity contribution is 5.31. The fraction of sp³-hybridized carbons (Fsp3) is 1.00. The zero-order chi connectivity index (χ0) is 13.2. The topological polar surface area (TPSA) is 0 Å². The molecule has 110 valence electrons. The molecule has 12 unspecified atom stereocenters. The van der Waals surface area contributed by atoms with Gasteiger partial charge in [-0.2, -0.15) is 0 Å². The lowest BCUT2D eigenvalue weighted by Gasteiger charge is -2.90. The van der Waals surface area contributed by atoms with Crippen molar-refractivity contribution in [3.05, 3.63) is 0 Å². The summed E-state index contributed by atoms with van der Waals surface area (Å²) < 4.78 is 0. The first-order valence-corrected chi connectivity index (χ1v) is 9.86. The summed E-state index contributed by atoms with van der Waals surface area (Å²) in [6.07, 6.45) is 9.28. The standard InChI is InChI=1S/C20H30/c1-3-5-9-7-11-13(9)17-15(11)20-18-14-10(6-4-2)8-12(14)16(18)19(17)20/h9-20H,3-8H2,1-2H3. The second-order valence-electron chi connectivity index (χ2n) is 9.52. The van der Waals surface area contributed by atoms with Crippen LogP contribution in [0.2, 0.25) is 0 Å². The molecule has 0 heterocycles. The molecule has 6 aliphatic rings. The van der Waals surface area contributed by atoms with E-state index in [0.717, 1.165) is 0 Å². The molecule has 0 saturated heterocycles. The molecule has 0 aromatic heterocycles. The number of fused-ring (bicyclic) bond motifs is 13. The van der Waals surface area contributed by atoms with E-state index >= 15 is 0 Å². The zero-order valence-corrected chi connectivity index (χ0v) is 13.2. The normalized spacial score (nSPS) is 69.9. The first-order chi connectivity index (χ1) is 9.86. The monoisotopic (exact) mass is 270 g/mol. The highest BCUT2D eigenvalue weighted by Gasteiger charge is 2.84. The number of rotatable bonds is 4. The van der Waals surface area contributed by atoms with Crippen LogP contribution in [-0.4, -0.2) is 0 Å². The third-order valence-corrected chi connectivity index (χ3v) is 9.53. The molecular weight excluding hydrogens is 240 g/mol. The van der Waals surface area contributed by atoms with Crippen molar-refractivity contribution < 1.29 is 0 Å². The minimum Gasteiger partial charge on any atom is -0.0654 e. The van der Waals surface area contributed by atoms with E-state index < -0.39 is 0 Å². The Kier molecular flexibility index (Phi) is 2.02. The van der Waals surface area contributed by atoms with Crippen LogP contribution in [0.4, 0.5) is 0 Å². The fourth-order valence-corrected chi connectivity index (χ4v) is 9.18. The Balaban J connectivity index is 1.17. The zero-order valence-electron chi connectivity index (χ0n) is 13.2. The molecule has 12 atom stereocenters. The SMILES string of the molecule is CCCC1CC2C1C1C2C2C3C4C(CCC)CC4C3C12. The maximum Gasteiger partial charge on any atom is -0.0312 e. The van der Waals surface area contributed by atoms with E-state index in [1.54, 1.807) is 25.7 Å². The molecule has 20 heavy (non-hydrogen) atoms. The third kappa shape index (κ3) is 0.950. The van der Waals surface area contributed by atoms with Crippen LogP contribution in [0, 0.1) is 71.0 Å². The lowest BCUT2D eigenvalue weighted by atomic mass is 9.15. The third-order valence-electron chi connectivity index (χ3n) is 9.53. The van der Waals surface area contributed by atoms with Crippen LogP contribution in [0.25, 0.3) is 0 Å². The van der Waals surface area contributed by atoms with E-state index in [9.17, 15) is 0 Å². The Morgan fingerprint density at radius 2 is 0.950 bits per heavy atom. The van der Waals surface area contributed by atoms with Crippen LogP contribution < -0.4 is 0 Å². The van der Waals surface area contributed by atoms with E-state index in [2.05, 4.69) is 13.8 Å². The van der Waals surface area contributed by atoms with Crippen molar-refractivity contribution in [2.75, 3.05) is 0 Å². The Morgan fingerprint density at radius 1 is 0.550 bits per heavy atom. The molecule has 0 bridgehead atoms.